The number of para-hydroxylation sites is 2. The summed E-state index contributed by atoms with van der Waals surface area (Å²) in [6.45, 7) is 1.44. The van der Waals surface area contributed by atoms with Crippen LogP contribution in [-0.2, 0) is 30.9 Å². The second-order valence-corrected chi connectivity index (χ2v) is 16.9. The quantitative estimate of drug-likeness (QED) is 0.152. The number of aryl methyl sites for hydroxylation is 1. The summed E-state index contributed by atoms with van der Waals surface area (Å²) in [7, 11) is 0. The number of hydrogen-bond acceptors (Lipinski definition) is 0. The van der Waals surface area contributed by atoms with Gasteiger partial charge in [-0.2, -0.15) is 65.9 Å². The van der Waals surface area contributed by atoms with Crippen molar-refractivity contribution in [3.8, 4) is 44.8 Å². The number of benzene rings is 8. The van der Waals surface area contributed by atoms with Crippen molar-refractivity contribution in [3.05, 3.63) is 191 Å². The van der Waals surface area contributed by atoms with Gasteiger partial charge in [0.15, 0.2) is 0 Å². The molecule has 17 heteroatoms. The zero-order valence-corrected chi connectivity index (χ0v) is 36.1. The van der Waals surface area contributed by atoms with E-state index in [0.717, 1.165) is 53.1 Å². The van der Waals surface area contributed by atoms with Crippen LogP contribution in [0.3, 0.4) is 0 Å². The van der Waals surface area contributed by atoms with Crippen LogP contribution in [0, 0.1) is 6.92 Å². The smallest absolute Gasteiger partial charge is 0.309 e. The summed E-state index contributed by atoms with van der Waals surface area (Å²) in [6.07, 6.45) is -25.4. The van der Waals surface area contributed by atoms with Crippen LogP contribution >= 0.6 is 0 Å². The summed E-state index contributed by atoms with van der Waals surface area (Å²) >= 11 is 0. The fourth-order valence-electron chi connectivity index (χ4n) is 9.46. The Morgan fingerprint density at radius 3 is 1.24 bits per heavy atom. The van der Waals surface area contributed by atoms with Crippen LogP contribution in [0.2, 0.25) is 0 Å². The first kappa shape index (κ1) is 47.0. The molecule has 10 rings (SSSR count). The largest absolute Gasteiger partial charge is 0.420 e. The number of fused-ring (bicyclic) bond motifs is 6. The highest BCUT2D eigenvalue weighted by molar-refractivity contribution is 6.12. The van der Waals surface area contributed by atoms with E-state index >= 15 is 13.2 Å². The van der Waals surface area contributed by atoms with E-state index in [1.165, 1.54) is 66.1 Å². The van der Waals surface area contributed by atoms with Gasteiger partial charge in [0.05, 0.1) is 55.7 Å². The number of rotatable bonds is 5. The van der Waals surface area contributed by atoms with Crippen LogP contribution in [0.5, 0.6) is 0 Å². The molecule has 0 aliphatic heterocycles. The Hall–Kier alpha value is -7.69. The van der Waals surface area contributed by atoms with Gasteiger partial charge in [-0.1, -0.05) is 84.9 Å². The first-order valence-corrected chi connectivity index (χ1v) is 21.3. The molecule has 0 aliphatic carbocycles. The molecule has 8 aromatic carbocycles. The van der Waals surface area contributed by atoms with E-state index in [1.807, 2.05) is 0 Å². The summed E-state index contributed by atoms with van der Waals surface area (Å²) in [6, 6.07) is 30.7. The van der Waals surface area contributed by atoms with Crippen molar-refractivity contribution in [3.63, 3.8) is 0 Å². The van der Waals surface area contributed by atoms with E-state index in [-0.39, 0.29) is 55.8 Å². The maximum Gasteiger partial charge on any atom is 0.420 e. The van der Waals surface area contributed by atoms with Crippen LogP contribution in [0.25, 0.3) is 88.4 Å². The number of alkyl halides is 15. The van der Waals surface area contributed by atoms with Gasteiger partial charge in [0.25, 0.3) is 0 Å². The summed E-state index contributed by atoms with van der Waals surface area (Å²) in [4.78, 5) is 0. The minimum absolute atomic E-state index is 0.0579. The molecule has 71 heavy (non-hydrogen) atoms. The number of halogens is 15. The molecule has 0 fully saturated rings. The summed E-state index contributed by atoms with van der Waals surface area (Å²) in [5.41, 5.74) is -8.32. The Morgan fingerprint density at radius 1 is 0.310 bits per heavy atom. The van der Waals surface area contributed by atoms with E-state index in [2.05, 4.69) is 0 Å². The first-order chi connectivity index (χ1) is 33.3. The molecule has 360 valence electrons. The number of nitrogens with zero attached hydrogens (tertiary/aromatic N) is 2. The molecule has 0 saturated heterocycles. The second kappa shape index (κ2) is 16.2. The molecule has 10 aromatic rings. The van der Waals surface area contributed by atoms with E-state index in [9.17, 15) is 52.7 Å². The van der Waals surface area contributed by atoms with E-state index < -0.39 is 75.6 Å². The third-order valence-corrected chi connectivity index (χ3v) is 12.6. The van der Waals surface area contributed by atoms with Crippen LogP contribution in [0.1, 0.15) is 33.4 Å². The average molecular weight is 991 g/mol. The van der Waals surface area contributed by atoms with Crippen molar-refractivity contribution in [2.75, 3.05) is 0 Å². The predicted octanol–water partition coefficient (Wildman–Crippen LogP) is 18.3. The highest BCUT2D eigenvalue weighted by Gasteiger charge is 2.41. The van der Waals surface area contributed by atoms with Crippen molar-refractivity contribution in [1.29, 1.82) is 0 Å². The maximum absolute atomic E-state index is 16.6. The molecule has 0 radical (unpaired) electrons. The van der Waals surface area contributed by atoms with Crippen LogP contribution in [0.4, 0.5) is 65.9 Å². The van der Waals surface area contributed by atoms with Gasteiger partial charge in [0, 0.05) is 21.5 Å². The molecule has 0 aliphatic rings. The number of hydrogen-bond donors (Lipinski definition) is 0. The van der Waals surface area contributed by atoms with Gasteiger partial charge in [0.1, 0.15) is 5.56 Å². The van der Waals surface area contributed by atoms with Gasteiger partial charge in [-0.3, -0.25) is 0 Å². The van der Waals surface area contributed by atoms with Gasteiger partial charge in [-0.05, 0) is 119 Å². The lowest BCUT2D eigenvalue weighted by molar-refractivity contribution is -0.143. The Balaban J connectivity index is 1.34. The van der Waals surface area contributed by atoms with E-state index in [0.29, 0.717) is 39.4 Å². The molecule has 0 N–H and O–H groups in total. The highest BCUT2D eigenvalue weighted by Crippen LogP contribution is 2.49. The van der Waals surface area contributed by atoms with Crippen LogP contribution in [-0.4, -0.2) is 9.13 Å². The summed E-state index contributed by atoms with van der Waals surface area (Å²) < 4.78 is 221. The zero-order valence-electron chi connectivity index (χ0n) is 36.1. The third kappa shape index (κ3) is 8.19. The fraction of sp³-hybridized carbons (Fsp3) is 0.111. The van der Waals surface area contributed by atoms with Crippen LogP contribution in [0.15, 0.2) is 158 Å². The van der Waals surface area contributed by atoms with Crippen molar-refractivity contribution >= 4 is 43.6 Å². The van der Waals surface area contributed by atoms with Crippen LogP contribution < -0.4 is 0 Å². The Bertz CT molecular complexity index is 3770. The third-order valence-electron chi connectivity index (χ3n) is 12.6. The molecule has 0 amide bonds. The average Bonchev–Trinajstić information content (AvgIpc) is 3.81. The van der Waals surface area contributed by atoms with Gasteiger partial charge in [-0.15, -0.1) is 0 Å². The zero-order chi connectivity index (χ0) is 50.7. The Kier molecular flexibility index (Phi) is 10.7. The van der Waals surface area contributed by atoms with Crippen molar-refractivity contribution in [1.82, 2.24) is 9.13 Å². The molecular weight excluding hydrogens is 962 g/mol. The van der Waals surface area contributed by atoms with E-state index in [1.54, 1.807) is 36.4 Å². The molecular formula is C54H29F15N2. The number of aromatic nitrogens is 2. The molecule has 0 spiro atoms. The molecule has 0 saturated carbocycles. The Labute approximate surface area is 391 Å². The molecule has 2 aromatic heterocycles. The second-order valence-electron chi connectivity index (χ2n) is 16.9. The minimum Gasteiger partial charge on any atom is -0.309 e. The lowest BCUT2D eigenvalue weighted by atomic mass is 9.95. The highest BCUT2D eigenvalue weighted by atomic mass is 19.4. The maximum atomic E-state index is 16.6. The molecule has 2 nitrogen and oxygen atoms in total. The van der Waals surface area contributed by atoms with Gasteiger partial charge in [0.2, 0.25) is 0 Å². The molecule has 0 unspecified atom stereocenters. The standard InChI is InChI=1S/C54H29F15N2/c1-28-21-34(51(58,59)60)15-19-36(28)30-13-17-40-38-9-2-4-11-43(38)70(45(40)23-30)47-25-32(29-7-6-8-33(22-29)50(55,56)57)26-48(49(47)54(67,68)69)71-44-12-5-3-10-39(44)41-18-14-31(24-46(41)71)37-20-16-35(52(61,62)63)27-42(37)53(64,65)66/h2-27H,1H3. The lowest BCUT2D eigenvalue weighted by Gasteiger charge is -2.23. The summed E-state index contributed by atoms with van der Waals surface area (Å²) in [5.74, 6) is 0. The Morgan fingerprint density at radius 2 is 0.761 bits per heavy atom. The van der Waals surface area contributed by atoms with Gasteiger partial charge >= 0.3 is 30.9 Å². The lowest BCUT2D eigenvalue weighted by Crippen LogP contribution is -2.16. The van der Waals surface area contributed by atoms with E-state index in [4.69, 9.17) is 0 Å². The predicted molar refractivity (Wildman–Crippen MR) is 241 cm³/mol. The van der Waals surface area contributed by atoms with Gasteiger partial charge in [-0.25, -0.2) is 0 Å². The molecule has 2 heterocycles. The fourth-order valence-corrected chi connectivity index (χ4v) is 9.46. The van der Waals surface area contributed by atoms with Crippen molar-refractivity contribution in [2.45, 2.75) is 37.8 Å². The van der Waals surface area contributed by atoms with Crippen molar-refractivity contribution in [2.24, 2.45) is 0 Å². The van der Waals surface area contributed by atoms with Crippen molar-refractivity contribution < 1.29 is 65.9 Å². The normalized spacial score (nSPS) is 13.1. The molecule has 0 atom stereocenters. The monoisotopic (exact) mass is 990 g/mol. The first-order valence-electron chi connectivity index (χ1n) is 21.3. The minimum atomic E-state index is -5.33. The molecule has 0 bridgehead atoms. The van der Waals surface area contributed by atoms with Gasteiger partial charge < -0.3 is 9.13 Å². The summed E-state index contributed by atoms with van der Waals surface area (Å²) in [5, 5.41) is 1.32. The topological polar surface area (TPSA) is 9.86 Å². The SMILES string of the molecule is Cc1cc(C(F)(F)F)ccc1-c1ccc2c3ccccc3n(-c3cc(-c4cccc(C(F)(F)F)c4)cc(-n4c5ccccc5c5ccc(-c6ccc(C(F)(F)F)cc6C(F)(F)F)cc54)c3C(F)(F)F)c2c1.